The second-order valence-electron chi connectivity index (χ2n) is 5.49. The Morgan fingerprint density at radius 2 is 1.89 bits per heavy atom. The topological polar surface area (TPSA) is 69.7 Å². The molecule has 1 amide bonds. The predicted octanol–water partition coefficient (Wildman–Crippen LogP) is -0.276. The minimum absolute atomic E-state index is 0.0434. The van der Waals surface area contributed by atoms with Gasteiger partial charge in [-0.25, -0.2) is 12.7 Å². The van der Waals surface area contributed by atoms with Gasteiger partial charge in [0.15, 0.2) is 0 Å². The van der Waals surface area contributed by atoms with Crippen LogP contribution in [0.4, 0.5) is 0 Å². The Balaban J connectivity index is 2.37. The quantitative estimate of drug-likeness (QED) is 0.757. The molecule has 0 saturated carbocycles. The van der Waals surface area contributed by atoms with E-state index in [0.29, 0.717) is 38.5 Å². The Morgan fingerprint density at radius 1 is 1.37 bits per heavy atom. The second kappa shape index (κ2) is 6.67. The Hall–Kier alpha value is -0.660. The summed E-state index contributed by atoms with van der Waals surface area (Å²) in [6.45, 7) is 3.56. The maximum Gasteiger partial charge on any atom is 0.223 e. The Morgan fingerprint density at radius 3 is 2.32 bits per heavy atom. The molecule has 1 aliphatic heterocycles. The van der Waals surface area contributed by atoms with E-state index in [-0.39, 0.29) is 11.8 Å². The van der Waals surface area contributed by atoms with E-state index in [1.165, 1.54) is 10.6 Å². The fourth-order valence-corrected chi connectivity index (χ4v) is 2.90. The van der Waals surface area contributed by atoms with Crippen LogP contribution in [0.25, 0.3) is 0 Å². The first-order chi connectivity index (χ1) is 8.71. The monoisotopic (exact) mass is 291 g/mol. The molecular weight excluding hydrogens is 266 g/mol. The van der Waals surface area contributed by atoms with Gasteiger partial charge in [-0.1, -0.05) is 0 Å². The van der Waals surface area contributed by atoms with E-state index in [1.807, 2.05) is 25.9 Å². The number of amides is 1. The lowest BCUT2D eigenvalue weighted by Gasteiger charge is -2.30. The van der Waals surface area contributed by atoms with E-state index in [2.05, 4.69) is 5.32 Å². The van der Waals surface area contributed by atoms with Gasteiger partial charge in [-0.15, -0.1) is 0 Å². The molecule has 1 saturated heterocycles. The largest absolute Gasteiger partial charge is 0.354 e. The number of hydrogen-bond donors (Lipinski definition) is 1. The van der Waals surface area contributed by atoms with Crippen molar-refractivity contribution in [3.05, 3.63) is 0 Å². The minimum atomic E-state index is -3.12. The lowest BCUT2D eigenvalue weighted by molar-refractivity contribution is -0.126. The molecule has 1 unspecified atom stereocenters. The van der Waals surface area contributed by atoms with Gasteiger partial charge in [-0.3, -0.25) is 4.79 Å². The third kappa shape index (κ3) is 5.08. The number of nitrogens with one attached hydrogen (secondary N) is 1. The van der Waals surface area contributed by atoms with E-state index in [0.717, 1.165) is 0 Å². The summed E-state index contributed by atoms with van der Waals surface area (Å²) in [5.41, 5.74) is 0. The molecule has 1 rings (SSSR count). The fraction of sp³-hybridized carbons (Fsp3) is 0.917. The molecule has 1 N–H and O–H groups in total. The van der Waals surface area contributed by atoms with Crippen molar-refractivity contribution in [1.82, 2.24) is 14.5 Å². The summed E-state index contributed by atoms with van der Waals surface area (Å²) in [4.78, 5) is 14.0. The zero-order valence-electron chi connectivity index (χ0n) is 12.2. The van der Waals surface area contributed by atoms with E-state index < -0.39 is 10.0 Å². The van der Waals surface area contributed by atoms with Crippen LogP contribution in [0.2, 0.25) is 0 Å². The smallest absolute Gasteiger partial charge is 0.223 e. The van der Waals surface area contributed by atoms with Crippen molar-refractivity contribution in [3.63, 3.8) is 0 Å². The zero-order chi connectivity index (χ0) is 14.6. The molecule has 1 atom stereocenters. The molecule has 0 aromatic heterocycles. The van der Waals surface area contributed by atoms with E-state index in [9.17, 15) is 13.2 Å². The molecule has 7 heteroatoms. The molecule has 0 bridgehead atoms. The van der Waals surface area contributed by atoms with Gasteiger partial charge in [-0.2, -0.15) is 0 Å². The van der Waals surface area contributed by atoms with Gasteiger partial charge < -0.3 is 10.2 Å². The molecule has 6 nitrogen and oxygen atoms in total. The number of hydrogen-bond acceptors (Lipinski definition) is 4. The molecule has 0 spiro atoms. The van der Waals surface area contributed by atoms with Crippen molar-refractivity contribution in [2.75, 3.05) is 40.0 Å². The zero-order valence-corrected chi connectivity index (χ0v) is 13.0. The average Bonchev–Trinajstić information content (AvgIpc) is 2.34. The van der Waals surface area contributed by atoms with Gasteiger partial charge in [0.25, 0.3) is 0 Å². The van der Waals surface area contributed by atoms with Crippen LogP contribution in [0, 0.1) is 5.92 Å². The Labute approximate surface area is 116 Å². The highest BCUT2D eigenvalue weighted by Gasteiger charge is 2.28. The van der Waals surface area contributed by atoms with Crippen LogP contribution in [0.3, 0.4) is 0 Å². The molecule has 0 aromatic rings. The van der Waals surface area contributed by atoms with Gasteiger partial charge in [0.2, 0.25) is 15.9 Å². The summed E-state index contributed by atoms with van der Waals surface area (Å²) in [5, 5.41) is 2.94. The number of likely N-dealkylation sites (N-methyl/N-ethyl adjacent to an activating group) is 1. The summed E-state index contributed by atoms with van der Waals surface area (Å²) >= 11 is 0. The number of carbonyl (C=O) groups excluding carboxylic acids is 1. The maximum atomic E-state index is 12.0. The van der Waals surface area contributed by atoms with Gasteiger partial charge in [0, 0.05) is 31.6 Å². The summed E-state index contributed by atoms with van der Waals surface area (Å²) in [6, 6.07) is 0.292. The second-order valence-corrected chi connectivity index (χ2v) is 7.48. The highest BCUT2D eigenvalue weighted by Crippen LogP contribution is 2.19. The molecule has 1 aliphatic rings. The van der Waals surface area contributed by atoms with Gasteiger partial charge in [0.1, 0.15) is 0 Å². The maximum absolute atomic E-state index is 12.0. The van der Waals surface area contributed by atoms with Gasteiger partial charge in [0.05, 0.1) is 6.26 Å². The van der Waals surface area contributed by atoms with Crippen molar-refractivity contribution in [2.45, 2.75) is 25.8 Å². The van der Waals surface area contributed by atoms with Crippen molar-refractivity contribution >= 4 is 15.9 Å². The molecule has 0 radical (unpaired) electrons. The van der Waals surface area contributed by atoms with Crippen molar-refractivity contribution in [1.29, 1.82) is 0 Å². The van der Waals surface area contributed by atoms with E-state index in [4.69, 9.17) is 0 Å². The standard InChI is InChI=1S/C12H25N3O3S/c1-10(14(2)3)9-13-12(16)11-5-7-15(8-6-11)19(4,17)18/h10-11H,5-9H2,1-4H3,(H,13,16). The number of rotatable bonds is 5. The normalized spacial score (nSPS) is 20.5. The fourth-order valence-electron chi connectivity index (χ4n) is 2.02. The third-order valence-electron chi connectivity index (χ3n) is 3.75. The first-order valence-corrected chi connectivity index (χ1v) is 8.46. The highest BCUT2D eigenvalue weighted by molar-refractivity contribution is 7.88. The summed E-state index contributed by atoms with van der Waals surface area (Å²) in [5.74, 6) is -0.0192. The van der Waals surface area contributed by atoms with Crippen LogP contribution in [-0.4, -0.2) is 69.6 Å². The number of sulfonamides is 1. The molecule has 1 fully saturated rings. The number of carbonyl (C=O) groups is 1. The molecule has 19 heavy (non-hydrogen) atoms. The SMILES string of the molecule is CC(CNC(=O)C1CCN(S(C)(=O)=O)CC1)N(C)C. The van der Waals surface area contributed by atoms with Crippen LogP contribution in [-0.2, 0) is 14.8 Å². The lowest BCUT2D eigenvalue weighted by atomic mass is 9.97. The van der Waals surface area contributed by atoms with Crippen LogP contribution < -0.4 is 5.32 Å². The summed E-state index contributed by atoms with van der Waals surface area (Å²) in [6.07, 6.45) is 2.43. The first-order valence-electron chi connectivity index (χ1n) is 6.61. The van der Waals surface area contributed by atoms with Crippen LogP contribution in [0.15, 0.2) is 0 Å². The lowest BCUT2D eigenvalue weighted by Crippen LogP contribution is -2.45. The first kappa shape index (κ1) is 16.4. The third-order valence-corrected chi connectivity index (χ3v) is 5.05. The molecule has 112 valence electrons. The number of nitrogens with zero attached hydrogens (tertiary/aromatic N) is 2. The van der Waals surface area contributed by atoms with Crippen molar-refractivity contribution in [3.8, 4) is 0 Å². The predicted molar refractivity (Wildman–Crippen MR) is 75.3 cm³/mol. The van der Waals surface area contributed by atoms with Gasteiger partial charge >= 0.3 is 0 Å². The molecular formula is C12H25N3O3S. The van der Waals surface area contributed by atoms with E-state index >= 15 is 0 Å². The summed E-state index contributed by atoms with van der Waals surface area (Å²) in [7, 11) is 0.830. The summed E-state index contributed by atoms with van der Waals surface area (Å²) < 4.78 is 24.2. The molecule has 0 aromatic carbocycles. The molecule has 0 aliphatic carbocycles. The molecule has 1 heterocycles. The average molecular weight is 291 g/mol. The van der Waals surface area contributed by atoms with Crippen LogP contribution in [0.5, 0.6) is 0 Å². The Kier molecular flexibility index (Phi) is 5.76. The minimum Gasteiger partial charge on any atom is -0.354 e. The van der Waals surface area contributed by atoms with Crippen molar-refractivity contribution < 1.29 is 13.2 Å². The number of piperidine rings is 1. The van der Waals surface area contributed by atoms with Gasteiger partial charge in [-0.05, 0) is 33.9 Å². The van der Waals surface area contributed by atoms with Crippen LogP contribution >= 0.6 is 0 Å². The highest BCUT2D eigenvalue weighted by atomic mass is 32.2. The Bertz CT molecular complexity index is 400. The van der Waals surface area contributed by atoms with Crippen LogP contribution in [0.1, 0.15) is 19.8 Å². The van der Waals surface area contributed by atoms with Crippen molar-refractivity contribution in [2.24, 2.45) is 5.92 Å². The van der Waals surface area contributed by atoms with E-state index in [1.54, 1.807) is 0 Å².